The second-order valence-corrected chi connectivity index (χ2v) is 15.1. The molecule has 4 atom stereocenters. The largest absolute Gasteiger partial charge is 0.453 e. The predicted molar refractivity (Wildman–Crippen MR) is 212 cm³/mol. The zero-order valence-electron chi connectivity index (χ0n) is 33.0. The van der Waals surface area contributed by atoms with Gasteiger partial charge < -0.3 is 39.9 Å². The molecule has 294 valence electrons. The zero-order chi connectivity index (χ0) is 40.3. The number of hydrogen-bond donors (Lipinski definition) is 4. The van der Waals surface area contributed by atoms with E-state index >= 15 is 0 Å². The lowest BCUT2D eigenvalue weighted by Gasteiger charge is -2.30. The number of carbonyl (C=O) groups excluding carboxylic acids is 4. The SMILES string of the molecule is COC(=O)N[C@H](C(=O)N1CC(C)=CC1c1ncc(-c2ccc(-c3ccc(-c4cnc(C5C=C(C)CN5C(=O)[C@@H](NC(=O)OC)C(C)C)[nH]4)cc3)cc2)[nH]1)C(C)C. The number of benzene rings is 2. The predicted octanol–water partition coefficient (Wildman–Crippen LogP) is 6.55. The first-order valence-corrected chi connectivity index (χ1v) is 18.7. The van der Waals surface area contributed by atoms with E-state index < -0.39 is 36.4 Å². The number of ether oxygens (including phenoxy) is 2. The molecule has 2 unspecified atom stereocenters. The van der Waals surface area contributed by atoms with Gasteiger partial charge in [0, 0.05) is 13.1 Å². The average molecular weight is 763 g/mol. The Hall–Kier alpha value is -6.18. The standard InChI is InChI=1S/C42H50N8O6/c1-23(2)35(47-41(53)55-7)39(51)49-21-25(5)17-33(49)37-43-19-31(45-37)29-13-9-27(10-14-29)28-11-15-30(16-12-28)32-20-44-38(46-32)34-18-26(6)22-50(34)40(52)36(24(3)4)48-42(54)56-8/h9-20,23-24,33-36H,21-22H2,1-8H3,(H,43,45)(H,44,46)(H,47,53)(H,48,54)/t33?,34?,35-,36-/m0/s1. The van der Waals surface area contributed by atoms with Gasteiger partial charge in [-0.05, 0) is 47.9 Å². The molecule has 0 aliphatic carbocycles. The Bertz CT molecular complexity index is 1980. The first-order chi connectivity index (χ1) is 26.8. The molecule has 0 spiro atoms. The van der Waals surface area contributed by atoms with Crippen molar-refractivity contribution in [2.45, 2.75) is 65.7 Å². The fraction of sp³-hybridized carbons (Fsp3) is 0.381. The van der Waals surface area contributed by atoms with Gasteiger partial charge in [0.2, 0.25) is 11.8 Å². The number of rotatable bonds is 11. The lowest BCUT2D eigenvalue weighted by molar-refractivity contribution is -0.135. The van der Waals surface area contributed by atoms with Crippen molar-refractivity contribution < 1.29 is 28.7 Å². The Labute approximate surface area is 326 Å². The van der Waals surface area contributed by atoms with Crippen molar-refractivity contribution in [3.63, 3.8) is 0 Å². The number of aromatic nitrogens is 4. The topological polar surface area (TPSA) is 175 Å². The van der Waals surface area contributed by atoms with Gasteiger partial charge in [-0.3, -0.25) is 9.59 Å². The highest BCUT2D eigenvalue weighted by Gasteiger charge is 2.38. The molecule has 0 bridgehead atoms. The summed E-state index contributed by atoms with van der Waals surface area (Å²) in [4.78, 5) is 70.9. The fourth-order valence-corrected chi connectivity index (χ4v) is 7.15. The highest BCUT2D eigenvalue weighted by atomic mass is 16.5. The van der Waals surface area contributed by atoms with Gasteiger partial charge in [0.05, 0.1) is 38.0 Å². The number of H-pyrrole nitrogens is 2. The smallest absolute Gasteiger partial charge is 0.407 e. The summed E-state index contributed by atoms with van der Waals surface area (Å²) in [7, 11) is 2.56. The summed E-state index contributed by atoms with van der Waals surface area (Å²) in [6.07, 6.45) is 6.29. The quantitative estimate of drug-likeness (QED) is 0.124. The second kappa shape index (κ2) is 16.7. The minimum atomic E-state index is -0.735. The molecule has 14 heteroatoms. The van der Waals surface area contributed by atoms with Gasteiger partial charge in [-0.15, -0.1) is 0 Å². The number of amides is 4. The lowest BCUT2D eigenvalue weighted by Crippen LogP contribution is -2.51. The van der Waals surface area contributed by atoms with E-state index in [0.29, 0.717) is 24.7 Å². The molecule has 14 nitrogen and oxygen atoms in total. The number of carbonyl (C=O) groups is 4. The first kappa shape index (κ1) is 39.5. The number of nitrogens with one attached hydrogen (secondary N) is 4. The zero-order valence-corrected chi connectivity index (χ0v) is 33.0. The number of nitrogens with zero attached hydrogens (tertiary/aromatic N) is 4. The van der Waals surface area contributed by atoms with Crippen LogP contribution in [0.25, 0.3) is 33.6 Å². The van der Waals surface area contributed by atoms with E-state index in [4.69, 9.17) is 9.47 Å². The number of methoxy groups -OCH3 is 2. The number of aromatic amines is 2. The molecule has 4 amide bonds. The van der Waals surface area contributed by atoms with Crippen molar-refractivity contribution in [3.05, 3.63) is 95.9 Å². The van der Waals surface area contributed by atoms with Crippen LogP contribution >= 0.6 is 0 Å². The third-order valence-corrected chi connectivity index (χ3v) is 10.2. The summed E-state index contributed by atoms with van der Waals surface area (Å²) in [5, 5.41) is 5.37. The number of alkyl carbamates (subject to hydrolysis) is 2. The van der Waals surface area contributed by atoms with Gasteiger partial charge in [0.1, 0.15) is 35.8 Å². The molecule has 6 rings (SSSR count). The van der Waals surface area contributed by atoms with E-state index in [-0.39, 0.29) is 23.7 Å². The van der Waals surface area contributed by atoms with Crippen molar-refractivity contribution in [1.82, 2.24) is 40.4 Å². The maximum atomic E-state index is 13.6. The lowest BCUT2D eigenvalue weighted by atomic mass is 10.0. The highest BCUT2D eigenvalue weighted by Crippen LogP contribution is 2.34. The molecule has 4 aromatic rings. The summed E-state index contributed by atoms with van der Waals surface area (Å²) in [6, 6.07) is 14.1. The summed E-state index contributed by atoms with van der Waals surface area (Å²) in [6.45, 7) is 12.4. The van der Waals surface area contributed by atoms with Crippen LogP contribution in [0.3, 0.4) is 0 Å². The van der Waals surface area contributed by atoms with E-state index in [0.717, 1.165) is 44.8 Å². The van der Waals surface area contributed by atoms with Crippen LogP contribution < -0.4 is 10.6 Å². The molecule has 2 aromatic carbocycles. The average Bonchev–Trinajstić information content (AvgIpc) is 4.02. The molecule has 56 heavy (non-hydrogen) atoms. The van der Waals surface area contributed by atoms with Gasteiger partial charge in [0.25, 0.3) is 0 Å². The van der Waals surface area contributed by atoms with Crippen LogP contribution in [-0.2, 0) is 19.1 Å². The van der Waals surface area contributed by atoms with Crippen LogP contribution in [0.5, 0.6) is 0 Å². The molecule has 2 aromatic heterocycles. The molecule has 2 aliphatic rings. The second-order valence-electron chi connectivity index (χ2n) is 15.1. The van der Waals surface area contributed by atoms with Crippen molar-refractivity contribution in [2.24, 2.45) is 11.8 Å². The number of imidazole rings is 2. The van der Waals surface area contributed by atoms with E-state index in [2.05, 4.69) is 54.8 Å². The van der Waals surface area contributed by atoms with E-state index in [1.807, 2.05) is 78.0 Å². The molecule has 4 heterocycles. The molecule has 0 saturated carbocycles. The van der Waals surface area contributed by atoms with Crippen LogP contribution in [0, 0.1) is 11.8 Å². The van der Waals surface area contributed by atoms with E-state index in [1.54, 1.807) is 22.2 Å². The highest BCUT2D eigenvalue weighted by molar-refractivity contribution is 5.88. The fourth-order valence-electron chi connectivity index (χ4n) is 7.15. The Kier molecular flexibility index (Phi) is 11.8. The van der Waals surface area contributed by atoms with Gasteiger partial charge in [-0.2, -0.15) is 0 Å². The molecule has 2 aliphatic heterocycles. The molecule has 0 saturated heterocycles. The first-order valence-electron chi connectivity index (χ1n) is 18.7. The van der Waals surface area contributed by atoms with Crippen LogP contribution in [-0.4, -0.2) is 93.1 Å². The minimum Gasteiger partial charge on any atom is -0.453 e. The van der Waals surface area contributed by atoms with Crippen LogP contribution in [0.2, 0.25) is 0 Å². The van der Waals surface area contributed by atoms with Gasteiger partial charge >= 0.3 is 12.2 Å². The number of hydrogen-bond acceptors (Lipinski definition) is 8. The molecule has 0 fully saturated rings. The Balaban J connectivity index is 1.13. The Morgan fingerprint density at radius 2 is 0.964 bits per heavy atom. The van der Waals surface area contributed by atoms with Crippen molar-refractivity contribution in [3.8, 4) is 33.6 Å². The van der Waals surface area contributed by atoms with Gasteiger partial charge in [-0.25, -0.2) is 19.6 Å². The Morgan fingerprint density at radius 1 is 0.625 bits per heavy atom. The normalized spacial score (nSPS) is 17.8. The Morgan fingerprint density at radius 3 is 1.29 bits per heavy atom. The minimum absolute atomic E-state index is 0.139. The molecule has 0 radical (unpaired) electrons. The van der Waals surface area contributed by atoms with Gasteiger partial charge in [-0.1, -0.05) is 99.5 Å². The molecular formula is C42H50N8O6. The van der Waals surface area contributed by atoms with E-state index in [9.17, 15) is 19.2 Å². The van der Waals surface area contributed by atoms with Crippen molar-refractivity contribution >= 4 is 24.0 Å². The maximum Gasteiger partial charge on any atom is 0.407 e. The molecular weight excluding hydrogens is 713 g/mol. The van der Waals surface area contributed by atoms with Crippen LogP contribution in [0.4, 0.5) is 9.59 Å². The van der Waals surface area contributed by atoms with Gasteiger partial charge in [0.15, 0.2) is 0 Å². The summed E-state index contributed by atoms with van der Waals surface area (Å²) in [5.41, 5.74) is 7.69. The monoisotopic (exact) mass is 762 g/mol. The summed E-state index contributed by atoms with van der Waals surface area (Å²) >= 11 is 0. The maximum absolute atomic E-state index is 13.6. The third-order valence-electron chi connectivity index (χ3n) is 10.2. The molecule has 4 N–H and O–H groups in total. The summed E-state index contributed by atoms with van der Waals surface area (Å²) < 4.78 is 9.52. The van der Waals surface area contributed by atoms with Crippen molar-refractivity contribution in [2.75, 3.05) is 27.3 Å². The summed E-state index contributed by atoms with van der Waals surface area (Å²) in [5.74, 6) is 0.605. The van der Waals surface area contributed by atoms with Crippen LogP contribution in [0.15, 0.2) is 84.2 Å². The van der Waals surface area contributed by atoms with Crippen LogP contribution in [0.1, 0.15) is 65.3 Å². The third kappa shape index (κ3) is 8.38. The van der Waals surface area contributed by atoms with E-state index in [1.165, 1.54) is 14.2 Å². The van der Waals surface area contributed by atoms with Crippen molar-refractivity contribution in [1.29, 1.82) is 0 Å².